The van der Waals surface area contributed by atoms with Gasteiger partial charge in [0, 0.05) is 18.0 Å². The Kier molecular flexibility index (Phi) is 5.14. The van der Waals surface area contributed by atoms with E-state index in [0.717, 1.165) is 11.3 Å². The maximum Gasteiger partial charge on any atom is 0.238 e. The van der Waals surface area contributed by atoms with Crippen molar-refractivity contribution >= 4 is 15.8 Å². The molecule has 0 bridgehead atoms. The topological polar surface area (TPSA) is 81.2 Å². The molecule has 1 aromatic heterocycles. The van der Waals surface area contributed by atoms with Crippen molar-refractivity contribution in [3.63, 3.8) is 0 Å². The summed E-state index contributed by atoms with van der Waals surface area (Å²) < 4.78 is 32.3. The van der Waals surface area contributed by atoms with Crippen LogP contribution in [0.3, 0.4) is 0 Å². The monoisotopic (exact) mass is 383 g/mol. The lowest BCUT2D eigenvalue weighted by atomic mass is 10.1. The van der Waals surface area contributed by atoms with E-state index in [1.54, 1.807) is 32.9 Å². The fraction of sp³-hybridized carbons (Fsp3) is 0.200. The van der Waals surface area contributed by atoms with Crippen LogP contribution in [0.1, 0.15) is 20.8 Å². The van der Waals surface area contributed by atoms with Gasteiger partial charge in [-0.3, -0.25) is 9.71 Å². The number of nitrogens with one attached hydrogen (secondary N) is 1. The first-order valence-corrected chi connectivity index (χ1v) is 9.91. The van der Waals surface area contributed by atoms with Crippen molar-refractivity contribution in [2.45, 2.75) is 25.5 Å². The molecule has 0 aliphatic rings. The van der Waals surface area contributed by atoms with Gasteiger partial charge in [0.05, 0.1) is 4.75 Å². The number of hydrogen-bond donors (Lipinski definition) is 1. The number of aromatic nitrogens is 2. The van der Waals surface area contributed by atoms with E-state index in [-0.39, 0.29) is 5.82 Å². The van der Waals surface area contributed by atoms with Gasteiger partial charge in [-0.15, -0.1) is 0 Å². The quantitative estimate of drug-likeness (QED) is 0.703. The number of nitrogens with zero attached hydrogens (tertiary/aromatic N) is 2. The molecule has 3 aromatic rings. The van der Waals surface area contributed by atoms with Crippen LogP contribution < -0.4 is 9.46 Å². The molecule has 0 spiro atoms. The maximum atomic E-state index is 12.5. The molecule has 0 amide bonds. The molecule has 0 saturated heterocycles. The van der Waals surface area contributed by atoms with Gasteiger partial charge in [0.15, 0.2) is 5.82 Å². The molecule has 3 rings (SSSR count). The predicted octanol–water partition coefficient (Wildman–Crippen LogP) is 4.48. The van der Waals surface area contributed by atoms with Crippen LogP contribution in [0.15, 0.2) is 67.0 Å². The van der Waals surface area contributed by atoms with Crippen molar-refractivity contribution in [2.24, 2.45) is 0 Å². The van der Waals surface area contributed by atoms with E-state index in [2.05, 4.69) is 14.7 Å². The van der Waals surface area contributed by atoms with E-state index in [1.165, 1.54) is 12.4 Å². The summed E-state index contributed by atoms with van der Waals surface area (Å²) in [5.41, 5.74) is 1.19. The molecule has 2 aromatic carbocycles. The first-order chi connectivity index (χ1) is 12.8. The second kappa shape index (κ2) is 7.36. The molecule has 1 N–H and O–H groups in total. The highest BCUT2D eigenvalue weighted by atomic mass is 32.2. The van der Waals surface area contributed by atoms with Gasteiger partial charge in [-0.05, 0) is 57.2 Å². The third-order valence-electron chi connectivity index (χ3n) is 3.84. The van der Waals surface area contributed by atoms with Crippen molar-refractivity contribution in [3.05, 3.63) is 67.0 Å². The van der Waals surface area contributed by atoms with Crippen LogP contribution in [0.5, 0.6) is 11.5 Å². The summed E-state index contributed by atoms with van der Waals surface area (Å²) >= 11 is 0. The summed E-state index contributed by atoms with van der Waals surface area (Å²) in [5, 5.41) is 0. The lowest BCUT2D eigenvalue weighted by Crippen LogP contribution is -2.34. The van der Waals surface area contributed by atoms with Gasteiger partial charge < -0.3 is 4.74 Å². The summed E-state index contributed by atoms with van der Waals surface area (Å²) in [6.45, 7) is 4.88. The van der Waals surface area contributed by atoms with Gasteiger partial charge in [-0.2, -0.15) is 0 Å². The standard InChI is InChI=1S/C20H21N3O3S/c1-20(2,3)27(24,25)23-19-18(21-13-14-22-19)15-9-11-17(12-10-15)26-16-7-5-4-6-8-16/h4-14H,1-3H3,(H,22,23). The van der Waals surface area contributed by atoms with E-state index in [9.17, 15) is 8.42 Å². The smallest absolute Gasteiger partial charge is 0.238 e. The Morgan fingerprint density at radius 1 is 0.852 bits per heavy atom. The molecular formula is C20H21N3O3S. The second-order valence-electron chi connectivity index (χ2n) is 6.91. The fourth-order valence-corrected chi connectivity index (χ4v) is 2.92. The molecule has 7 heteroatoms. The largest absolute Gasteiger partial charge is 0.457 e. The van der Waals surface area contributed by atoms with Gasteiger partial charge >= 0.3 is 0 Å². The van der Waals surface area contributed by atoms with Crippen molar-refractivity contribution in [2.75, 3.05) is 4.72 Å². The first kappa shape index (κ1) is 18.8. The van der Waals surface area contributed by atoms with E-state index < -0.39 is 14.8 Å². The predicted molar refractivity (Wildman–Crippen MR) is 106 cm³/mol. The molecule has 0 saturated carbocycles. The van der Waals surface area contributed by atoms with Crippen LogP contribution in [0, 0.1) is 0 Å². The van der Waals surface area contributed by atoms with Gasteiger partial charge in [-0.25, -0.2) is 13.4 Å². The van der Waals surface area contributed by atoms with Crippen molar-refractivity contribution in [1.82, 2.24) is 9.97 Å². The molecular weight excluding hydrogens is 362 g/mol. The lowest BCUT2D eigenvalue weighted by molar-refractivity contribution is 0.483. The van der Waals surface area contributed by atoms with Gasteiger partial charge in [0.1, 0.15) is 17.2 Å². The van der Waals surface area contributed by atoms with E-state index in [1.807, 2.05) is 42.5 Å². The highest BCUT2D eigenvalue weighted by Crippen LogP contribution is 2.29. The Balaban J connectivity index is 1.87. The minimum atomic E-state index is -3.61. The minimum Gasteiger partial charge on any atom is -0.457 e. The number of rotatable bonds is 5. The van der Waals surface area contributed by atoms with E-state index >= 15 is 0 Å². The van der Waals surface area contributed by atoms with Crippen LogP contribution in [-0.4, -0.2) is 23.1 Å². The number of hydrogen-bond acceptors (Lipinski definition) is 5. The number of sulfonamides is 1. The van der Waals surface area contributed by atoms with Crippen LogP contribution in [-0.2, 0) is 10.0 Å². The number of anilines is 1. The molecule has 27 heavy (non-hydrogen) atoms. The lowest BCUT2D eigenvalue weighted by Gasteiger charge is -2.20. The Morgan fingerprint density at radius 3 is 2.07 bits per heavy atom. The highest BCUT2D eigenvalue weighted by Gasteiger charge is 2.30. The molecule has 6 nitrogen and oxygen atoms in total. The molecule has 0 fully saturated rings. The van der Waals surface area contributed by atoms with Gasteiger partial charge in [0.25, 0.3) is 0 Å². The molecule has 0 aliphatic heterocycles. The Bertz CT molecular complexity index is 1010. The summed E-state index contributed by atoms with van der Waals surface area (Å²) in [6.07, 6.45) is 2.98. The Labute approximate surface area is 159 Å². The van der Waals surface area contributed by atoms with Crippen LogP contribution in [0.2, 0.25) is 0 Å². The van der Waals surface area contributed by atoms with Crippen LogP contribution >= 0.6 is 0 Å². The third-order valence-corrected chi connectivity index (χ3v) is 5.92. The average molecular weight is 383 g/mol. The molecule has 1 heterocycles. The fourth-order valence-electron chi connectivity index (χ4n) is 2.21. The minimum absolute atomic E-state index is 0.198. The second-order valence-corrected chi connectivity index (χ2v) is 9.35. The highest BCUT2D eigenvalue weighted by molar-refractivity contribution is 7.94. The van der Waals surface area contributed by atoms with E-state index in [4.69, 9.17) is 4.74 Å². The van der Waals surface area contributed by atoms with Crippen LogP contribution in [0.4, 0.5) is 5.82 Å². The molecule has 0 aliphatic carbocycles. The normalized spacial score (nSPS) is 11.8. The Hall–Kier alpha value is -2.93. The van der Waals surface area contributed by atoms with Crippen LogP contribution in [0.25, 0.3) is 11.3 Å². The van der Waals surface area contributed by atoms with E-state index in [0.29, 0.717) is 11.4 Å². The summed E-state index contributed by atoms with van der Waals surface area (Å²) in [7, 11) is -3.61. The summed E-state index contributed by atoms with van der Waals surface area (Å²) in [6, 6.07) is 16.7. The van der Waals surface area contributed by atoms with Crippen molar-refractivity contribution < 1.29 is 13.2 Å². The van der Waals surface area contributed by atoms with Gasteiger partial charge in [-0.1, -0.05) is 18.2 Å². The third kappa shape index (κ3) is 4.43. The zero-order chi connectivity index (χ0) is 19.5. The zero-order valence-electron chi connectivity index (χ0n) is 15.4. The SMILES string of the molecule is CC(C)(C)S(=O)(=O)Nc1nccnc1-c1ccc(Oc2ccccc2)cc1. The van der Waals surface area contributed by atoms with Crippen molar-refractivity contribution in [3.8, 4) is 22.8 Å². The summed E-state index contributed by atoms with van der Waals surface area (Å²) in [4.78, 5) is 8.46. The Morgan fingerprint density at radius 2 is 1.44 bits per heavy atom. The maximum absolute atomic E-state index is 12.5. The number of benzene rings is 2. The molecule has 0 unspecified atom stereocenters. The molecule has 0 atom stereocenters. The zero-order valence-corrected chi connectivity index (χ0v) is 16.2. The molecule has 0 radical (unpaired) electrons. The van der Waals surface area contributed by atoms with Gasteiger partial charge in [0.2, 0.25) is 10.0 Å². The first-order valence-electron chi connectivity index (χ1n) is 8.43. The van der Waals surface area contributed by atoms with Crippen molar-refractivity contribution in [1.29, 1.82) is 0 Å². The summed E-state index contributed by atoms with van der Waals surface area (Å²) in [5.74, 6) is 1.61. The number of ether oxygens (including phenoxy) is 1. The average Bonchev–Trinajstić information content (AvgIpc) is 2.63. The molecule has 140 valence electrons. The number of para-hydroxylation sites is 1.